The van der Waals surface area contributed by atoms with Crippen LogP contribution in [0.15, 0.2) is 30.3 Å². The van der Waals surface area contributed by atoms with Gasteiger partial charge < -0.3 is 15.2 Å². The Bertz CT molecular complexity index is 435. The summed E-state index contributed by atoms with van der Waals surface area (Å²) in [6.45, 7) is 0.476. The van der Waals surface area contributed by atoms with E-state index in [-0.39, 0.29) is 18.6 Å². The molecule has 2 rings (SSSR count). The highest BCUT2D eigenvalue weighted by molar-refractivity contribution is 5.88. The Morgan fingerprint density at radius 2 is 2.00 bits per heavy atom. The van der Waals surface area contributed by atoms with Crippen molar-refractivity contribution in [3.05, 3.63) is 35.9 Å². The number of carbonyl (C=O) groups excluding carboxylic acids is 1. The zero-order chi connectivity index (χ0) is 15.1. The van der Waals surface area contributed by atoms with Crippen LogP contribution in [0, 0.1) is 0 Å². The molecule has 0 spiro atoms. The van der Waals surface area contributed by atoms with E-state index < -0.39 is 5.41 Å². The first kappa shape index (κ1) is 16.0. The Morgan fingerprint density at radius 3 is 2.57 bits per heavy atom. The van der Waals surface area contributed by atoms with Crippen molar-refractivity contribution in [2.24, 2.45) is 0 Å². The predicted octanol–water partition coefficient (Wildman–Crippen LogP) is 2.01. The topological polar surface area (TPSA) is 58.6 Å². The molecule has 1 amide bonds. The van der Waals surface area contributed by atoms with Crippen molar-refractivity contribution in [1.82, 2.24) is 5.32 Å². The second kappa shape index (κ2) is 7.57. The third-order valence-electron chi connectivity index (χ3n) is 4.40. The number of hydrogen-bond acceptors (Lipinski definition) is 3. The van der Waals surface area contributed by atoms with Crippen LogP contribution in [0.3, 0.4) is 0 Å². The normalized spacial score (nSPS) is 18.4. The third-order valence-corrected chi connectivity index (χ3v) is 4.40. The number of carbonyl (C=O) groups is 1. The van der Waals surface area contributed by atoms with E-state index in [0.29, 0.717) is 13.0 Å². The molecule has 0 aliphatic heterocycles. The fourth-order valence-corrected chi connectivity index (χ4v) is 3.26. The van der Waals surface area contributed by atoms with E-state index in [2.05, 4.69) is 5.32 Å². The summed E-state index contributed by atoms with van der Waals surface area (Å²) in [4.78, 5) is 12.9. The van der Waals surface area contributed by atoms with Crippen molar-refractivity contribution >= 4 is 5.91 Å². The first-order chi connectivity index (χ1) is 10.2. The van der Waals surface area contributed by atoms with Crippen LogP contribution in [0.4, 0.5) is 0 Å². The number of aliphatic hydroxyl groups excluding tert-OH is 1. The molecule has 1 fully saturated rings. The van der Waals surface area contributed by atoms with Crippen molar-refractivity contribution in [2.75, 3.05) is 20.3 Å². The smallest absolute Gasteiger partial charge is 0.230 e. The lowest BCUT2D eigenvalue weighted by Gasteiger charge is -2.30. The number of hydrogen-bond donors (Lipinski definition) is 2. The molecule has 0 radical (unpaired) electrons. The molecule has 1 saturated carbocycles. The van der Waals surface area contributed by atoms with Gasteiger partial charge in [0, 0.05) is 13.7 Å². The van der Waals surface area contributed by atoms with Gasteiger partial charge in [-0.15, -0.1) is 0 Å². The Balaban J connectivity index is 2.16. The van der Waals surface area contributed by atoms with Crippen molar-refractivity contribution in [2.45, 2.75) is 43.6 Å². The molecule has 0 saturated heterocycles. The van der Waals surface area contributed by atoms with E-state index in [0.717, 1.165) is 31.2 Å². The van der Waals surface area contributed by atoms with Gasteiger partial charge in [-0.25, -0.2) is 0 Å². The van der Waals surface area contributed by atoms with E-state index in [1.54, 1.807) is 7.11 Å². The summed E-state index contributed by atoms with van der Waals surface area (Å²) in [5.41, 5.74) is 0.683. The number of ether oxygens (including phenoxy) is 1. The number of methoxy groups -OCH3 is 1. The lowest BCUT2D eigenvalue weighted by atomic mass is 9.78. The van der Waals surface area contributed by atoms with Crippen LogP contribution in [-0.4, -0.2) is 37.4 Å². The maximum atomic E-state index is 12.9. The van der Waals surface area contributed by atoms with E-state index >= 15 is 0 Å². The Labute approximate surface area is 126 Å². The number of rotatable bonds is 7. The molecule has 2 N–H and O–H groups in total. The van der Waals surface area contributed by atoms with Crippen molar-refractivity contribution in [1.29, 1.82) is 0 Å². The minimum Gasteiger partial charge on any atom is -0.396 e. The van der Waals surface area contributed by atoms with Gasteiger partial charge in [-0.05, 0) is 24.8 Å². The Morgan fingerprint density at radius 1 is 1.33 bits per heavy atom. The average Bonchev–Trinajstić information content (AvgIpc) is 2.99. The summed E-state index contributed by atoms with van der Waals surface area (Å²) < 4.78 is 5.13. The molecule has 4 heteroatoms. The summed E-state index contributed by atoms with van der Waals surface area (Å²) >= 11 is 0. The van der Waals surface area contributed by atoms with Gasteiger partial charge in [-0.3, -0.25) is 4.79 Å². The molecule has 21 heavy (non-hydrogen) atoms. The third kappa shape index (κ3) is 3.63. The number of amides is 1. The van der Waals surface area contributed by atoms with Gasteiger partial charge in [0.2, 0.25) is 5.91 Å². The van der Waals surface area contributed by atoms with Crippen molar-refractivity contribution in [3.63, 3.8) is 0 Å². The van der Waals surface area contributed by atoms with Gasteiger partial charge in [0.1, 0.15) is 0 Å². The van der Waals surface area contributed by atoms with Crippen LogP contribution in [0.25, 0.3) is 0 Å². The van der Waals surface area contributed by atoms with Gasteiger partial charge in [-0.1, -0.05) is 43.2 Å². The highest BCUT2D eigenvalue weighted by atomic mass is 16.5. The molecule has 0 aromatic heterocycles. The molecule has 1 aromatic carbocycles. The fourth-order valence-electron chi connectivity index (χ4n) is 3.26. The first-order valence-electron chi connectivity index (χ1n) is 7.69. The van der Waals surface area contributed by atoms with Crippen molar-refractivity contribution < 1.29 is 14.6 Å². The van der Waals surface area contributed by atoms with Gasteiger partial charge in [0.25, 0.3) is 0 Å². The Kier molecular flexibility index (Phi) is 5.76. The zero-order valence-electron chi connectivity index (χ0n) is 12.7. The monoisotopic (exact) mass is 291 g/mol. The van der Waals surface area contributed by atoms with Gasteiger partial charge in [-0.2, -0.15) is 0 Å². The zero-order valence-corrected chi connectivity index (χ0v) is 12.7. The molecule has 0 heterocycles. The fraction of sp³-hybridized carbons (Fsp3) is 0.588. The van der Waals surface area contributed by atoms with Crippen LogP contribution < -0.4 is 5.32 Å². The molecule has 1 aliphatic carbocycles. The maximum Gasteiger partial charge on any atom is 0.230 e. The minimum absolute atomic E-state index is 0.0483. The first-order valence-corrected chi connectivity index (χ1v) is 7.69. The maximum absolute atomic E-state index is 12.9. The van der Waals surface area contributed by atoms with E-state index in [1.807, 2.05) is 30.3 Å². The van der Waals surface area contributed by atoms with Crippen LogP contribution >= 0.6 is 0 Å². The highest BCUT2D eigenvalue weighted by Gasteiger charge is 2.43. The number of aliphatic hydroxyl groups is 1. The molecular weight excluding hydrogens is 266 g/mol. The summed E-state index contributed by atoms with van der Waals surface area (Å²) in [7, 11) is 1.61. The molecular formula is C17H25NO3. The second-order valence-electron chi connectivity index (χ2n) is 5.79. The van der Waals surface area contributed by atoms with Crippen LogP contribution in [0.1, 0.15) is 37.7 Å². The quantitative estimate of drug-likeness (QED) is 0.808. The molecule has 1 aliphatic rings. The number of nitrogens with one attached hydrogen (secondary N) is 1. The summed E-state index contributed by atoms with van der Waals surface area (Å²) in [5.74, 6) is 0.0710. The largest absolute Gasteiger partial charge is 0.396 e. The summed E-state index contributed by atoms with van der Waals surface area (Å²) in [6, 6.07) is 9.91. The standard InChI is InChI=1S/C17H25NO3/c1-21-13-15(9-12-19)18-16(20)17(10-5-6-11-17)14-7-3-2-4-8-14/h2-4,7-8,15,19H,5-6,9-13H2,1H3,(H,18,20). The molecule has 116 valence electrons. The molecule has 1 atom stereocenters. The average molecular weight is 291 g/mol. The molecule has 1 unspecified atom stereocenters. The lowest BCUT2D eigenvalue weighted by Crippen LogP contribution is -2.48. The van der Waals surface area contributed by atoms with Crippen molar-refractivity contribution in [3.8, 4) is 0 Å². The van der Waals surface area contributed by atoms with E-state index in [9.17, 15) is 4.79 Å². The lowest BCUT2D eigenvalue weighted by molar-refractivity contribution is -0.127. The molecule has 4 nitrogen and oxygen atoms in total. The highest BCUT2D eigenvalue weighted by Crippen LogP contribution is 2.41. The van der Waals surface area contributed by atoms with Gasteiger partial charge in [0.15, 0.2) is 0 Å². The Hall–Kier alpha value is -1.39. The van der Waals surface area contributed by atoms with Crippen LogP contribution in [-0.2, 0) is 14.9 Å². The minimum atomic E-state index is -0.414. The molecule has 1 aromatic rings. The second-order valence-corrected chi connectivity index (χ2v) is 5.79. The molecule has 0 bridgehead atoms. The predicted molar refractivity (Wildman–Crippen MR) is 82.1 cm³/mol. The van der Waals surface area contributed by atoms with Crippen LogP contribution in [0.2, 0.25) is 0 Å². The number of benzene rings is 1. The van der Waals surface area contributed by atoms with Crippen LogP contribution in [0.5, 0.6) is 0 Å². The van der Waals surface area contributed by atoms with E-state index in [1.165, 1.54) is 0 Å². The van der Waals surface area contributed by atoms with E-state index in [4.69, 9.17) is 9.84 Å². The van der Waals surface area contributed by atoms with Gasteiger partial charge in [0.05, 0.1) is 18.1 Å². The SMILES string of the molecule is COCC(CCO)NC(=O)C1(c2ccccc2)CCCC1. The van der Waals surface area contributed by atoms with Gasteiger partial charge >= 0.3 is 0 Å². The summed E-state index contributed by atoms with van der Waals surface area (Å²) in [5, 5.41) is 12.2. The summed E-state index contributed by atoms with van der Waals surface area (Å²) in [6.07, 6.45) is 4.46.